The van der Waals surface area contributed by atoms with Crippen molar-refractivity contribution in [2.75, 3.05) is 38.0 Å². The monoisotopic (exact) mass is 446 g/mol. The Labute approximate surface area is 182 Å². The summed E-state index contributed by atoms with van der Waals surface area (Å²) in [5, 5.41) is 12.7. The summed E-state index contributed by atoms with van der Waals surface area (Å²) in [7, 11) is -3.54. The first-order valence-corrected chi connectivity index (χ1v) is 12.0. The van der Waals surface area contributed by atoms with Gasteiger partial charge in [-0.1, -0.05) is 6.07 Å². The van der Waals surface area contributed by atoms with Gasteiger partial charge in [-0.15, -0.1) is 11.3 Å². The van der Waals surface area contributed by atoms with E-state index in [1.54, 1.807) is 12.1 Å². The summed E-state index contributed by atoms with van der Waals surface area (Å²) in [6.45, 7) is 9.44. The zero-order valence-electron chi connectivity index (χ0n) is 17.7. The Kier molecular flexibility index (Phi) is 6.62. The number of carbonyl (C=O) groups is 1. The molecule has 1 aliphatic heterocycles. The third-order valence-electron chi connectivity index (χ3n) is 5.56. The zero-order chi connectivity index (χ0) is 22.1. The van der Waals surface area contributed by atoms with Crippen LogP contribution in [-0.4, -0.2) is 56.3 Å². The molecule has 1 fully saturated rings. The number of amides is 1. The molecule has 2 aromatic rings. The van der Waals surface area contributed by atoms with Crippen molar-refractivity contribution in [2.45, 2.75) is 32.6 Å². The number of nitrogens with zero attached hydrogens (tertiary/aromatic N) is 3. The number of benzene rings is 1. The van der Waals surface area contributed by atoms with Crippen LogP contribution < -0.4 is 5.32 Å². The number of nitriles is 1. The summed E-state index contributed by atoms with van der Waals surface area (Å²) in [5.41, 5.74) is 3.40. The van der Waals surface area contributed by atoms with E-state index in [0.29, 0.717) is 41.6 Å². The van der Waals surface area contributed by atoms with Gasteiger partial charge in [-0.25, -0.2) is 8.42 Å². The Hall–Kier alpha value is -2.25. The Balaban J connectivity index is 1.59. The number of sulfonamides is 1. The maximum Gasteiger partial charge on any atom is 0.243 e. The number of rotatable bonds is 5. The Morgan fingerprint density at radius 2 is 1.80 bits per heavy atom. The van der Waals surface area contributed by atoms with E-state index in [1.807, 2.05) is 38.7 Å². The zero-order valence-corrected chi connectivity index (χ0v) is 19.3. The fourth-order valence-corrected chi connectivity index (χ4v) is 5.91. The molecule has 0 bridgehead atoms. The molecule has 0 aliphatic carbocycles. The molecule has 0 radical (unpaired) electrons. The highest BCUT2D eigenvalue weighted by molar-refractivity contribution is 7.89. The number of piperazine rings is 1. The molecule has 0 saturated carbocycles. The van der Waals surface area contributed by atoms with Crippen molar-refractivity contribution in [1.82, 2.24) is 9.21 Å². The molecule has 0 atom stereocenters. The Bertz CT molecular complexity index is 1110. The van der Waals surface area contributed by atoms with E-state index in [0.717, 1.165) is 21.6 Å². The average molecular weight is 447 g/mol. The molecule has 2 heterocycles. The van der Waals surface area contributed by atoms with Gasteiger partial charge in [0.2, 0.25) is 15.9 Å². The van der Waals surface area contributed by atoms with Crippen molar-refractivity contribution in [3.63, 3.8) is 0 Å². The quantitative estimate of drug-likeness (QED) is 0.762. The molecule has 160 valence electrons. The predicted octanol–water partition coefficient (Wildman–Crippen LogP) is 2.80. The van der Waals surface area contributed by atoms with E-state index in [9.17, 15) is 18.5 Å². The van der Waals surface area contributed by atoms with Gasteiger partial charge in [0.15, 0.2) is 0 Å². The normalized spacial score (nSPS) is 15.7. The third-order valence-corrected chi connectivity index (χ3v) is 8.58. The van der Waals surface area contributed by atoms with E-state index in [4.69, 9.17) is 0 Å². The number of nitrogens with one attached hydrogen (secondary N) is 1. The van der Waals surface area contributed by atoms with Gasteiger partial charge in [0.1, 0.15) is 11.1 Å². The van der Waals surface area contributed by atoms with E-state index < -0.39 is 10.0 Å². The van der Waals surface area contributed by atoms with Crippen molar-refractivity contribution in [1.29, 1.82) is 5.26 Å². The van der Waals surface area contributed by atoms with E-state index in [1.165, 1.54) is 15.6 Å². The fraction of sp³-hybridized carbons (Fsp3) is 0.429. The fourth-order valence-electron chi connectivity index (χ4n) is 3.37. The lowest BCUT2D eigenvalue weighted by Gasteiger charge is -2.33. The summed E-state index contributed by atoms with van der Waals surface area (Å²) in [4.78, 5) is 15.7. The number of anilines is 1. The number of carbonyl (C=O) groups excluding carboxylic acids is 1. The molecule has 0 spiro atoms. The van der Waals surface area contributed by atoms with Crippen LogP contribution in [0.2, 0.25) is 0 Å². The maximum atomic E-state index is 12.9. The lowest BCUT2D eigenvalue weighted by atomic mass is 10.1. The molecule has 1 aromatic carbocycles. The minimum atomic E-state index is -3.54. The van der Waals surface area contributed by atoms with Crippen molar-refractivity contribution in [3.05, 3.63) is 45.3 Å². The van der Waals surface area contributed by atoms with Crippen LogP contribution in [0.3, 0.4) is 0 Å². The smallest absolute Gasteiger partial charge is 0.243 e. The Morgan fingerprint density at radius 3 is 2.40 bits per heavy atom. The van der Waals surface area contributed by atoms with Crippen LogP contribution in [0.5, 0.6) is 0 Å². The van der Waals surface area contributed by atoms with Crippen LogP contribution in [0.1, 0.15) is 27.1 Å². The second-order valence-electron chi connectivity index (χ2n) is 7.57. The molecule has 3 rings (SSSR count). The van der Waals surface area contributed by atoms with E-state index in [2.05, 4.69) is 11.4 Å². The molecule has 1 aromatic heterocycles. The van der Waals surface area contributed by atoms with Crippen molar-refractivity contribution >= 4 is 32.3 Å². The van der Waals surface area contributed by atoms with Crippen molar-refractivity contribution < 1.29 is 13.2 Å². The standard InChI is InChI=1S/C21H26N4O3S2/c1-14-5-6-18(11-15(14)2)30(27,28)25-9-7-24(8-10-25)13-20(26)23-21-19(12-22)16(3)17(4)29-21/h5-6,11H,7-10,13H2,1-4H3,(H,23,26). The van der Waals surface area contributed by atoms with Crippen LogP contribution in [-0.2, 0) is 14.8 Å². The van der Waals surface area contributed by atoms with Gasteiger partial charge in [-0.3, -0.25) is 9.69 Å². The largest absolute Gasteiger partial charge is 0.315 e. The molecule has 0 unspecified atom stereocenters. The van der Waals surface area contributed by atoms with Crippen LogP contribution in [0, 0.1) is 39.0 Å². The van der Waals surface area contributed by atoms with Gasteiger partial charge < -0.3 is 5.32 Å². The number of hydrogen-bond donors (Lipinski definition) is 1. The van der Waals surface area contributed by atoms with Gasteiger partial charge in [0.05, 0.1) is 17.0 Å². The van der Waals surface area contributed by atoms with E-state index >= 15 is 0 Å². The Morgan fingerprint density at radius 1 is 1.13 bits per heavy atom. The van der Waals surface area contributed by atoms with Gasteiger partial charge >= 0.3 is 0 Å². The maximum absolute atomic E-state index is 12.9. The topological polar surface area (TPSA) is 93.5 Å². The van der Waals surface area contributed by atoms with Gasteiger partial charge in [-0.2, -0.15) is 9.57 Å². The second-order valence-corrected chi connectivity index (χ2v) is 10.7. The van der Waals surface area contributed by atoms with Gasteiger partial charge in [0, 0.05) is 31.1 Å². The lowest BCUT2D eigenvalue weighted by molar-refractivity contribution is -0.117. The molecule has 1 amide bonds. The summed E-state index contributed by atoms with van der Waals surface area (Å²) in [5.74, 6) is -0.196. The highest BCUT2D eigenvalue weighted by atomic mass is 32.2. The molecule has 1 N–H and O–H groups in total. The van der Waals surface area contributed by atoms with Crippen molar-refractivity contribution in [3.8, 4) is 6.07 Å². The van der Waals surface area contributed by atoms with Crippen LogP contribution in [0.4, 0.5) is 5.00 Å². The summed E-state index contributed by atoms with van der Waals surface area (Å²) < 4.78 is 27.3. The number of aryl methyl sites for hydroxylation is 3. The molecule has 1 saturated heterocycles. The third kappa shape index (κ3) is 4.57. The summed E-state index contributed by atoms with van der Waals surface area (Å²) >= 11 is 1.40. The van der Waals surface area contributed by atoms with Crippen LogP contribution >= 0.6 is 11.3 Å². The minimum absolute atomic E-state index is 0.165. The first-order chi connectivity index (χ1) is 14.1. The van der Waals surface area contributed by atoms with Crippen LogP contribution in [0.25, 0.3) is 0 Å². The first-order valence-electron chi connectivity index (χ1n) is 9.73. The molecular formula is C21H26N4O3S2. The summed E-state index contributed by atoms with van der Waals surface area (Å²) in [6, 6.07) is 7.33. The van der Waals surface area contributed by atoms with Gasteiger partial charge in [-0.05, 0) is 56.5 Å². The average Bonchev–Trinajstić information content (AvgIpc) is 2.96. The molecule has 7 nitrogen and oxygen atoms in total. The molecule has 1 aliphatic rings. The first kappa shape index (κ1) is 22.4. The second kappa shape index (κ2) is 8.86. The lowest BCUT2D eigenvalue weighted by Crippen LogP contribution is -2.50. The van der Waals surface area contributed by atoms with Gasteiger partial charge in [0.25, 0.3) is 0 Å². The molecule has 30 heavy (non-hydrogen) atoms. The van der Waals surface area contributed by atoms with E-state index in [-0.39, 0.29) is 12.5 Å². The predicted molar refractivity (Wildman–Crippen MR) is 118 cm³/mol. The van der Waals surface area contributed by atoms with Crippen LogP contribution in [0.15, 0.2) is 23.1 Å². The molecular weight excluding hydrogens is 420 g/mol. The SMILES string of the molecule is Cc1ccc(S(=O)(=O)N2CCN(CC(=O)Nc3sc(C)c(C)c3C#N)CC2)cc1C. The summed E-state index contributed by atoms with van der Waals surface area (Å²) in [6.07, 6.45) is 0. The molecule has 9 heteroatoms. The highest BCUT2D eigenvalue weighted by Gasteiger charge is 2.29. The number of thiophene rings is 1. The minimum Gasteiger partial charge on any atom is -0.315 e. The number of hydrogen-bond acceptors (Lipinski definition) is 6. The highest BCUT2D eigenvalue weighted by Crippen LogP contribution is 2.31. The van der Waals surface area contributed by atoms with Crippen molar-refractivity contribution in [2.24, 2.45) is 0 Å².